The van der Waals surface area contributed by atoms with E-state index in [0.29, 0.717) is 12.0 Å². The molecule has 1 heterocycles. The molecule has 22 heavy (non-hydrogen) atoms. The third-order valence-electron chi connectivity index (χ3n) is 3.52. The van der Waals surface area contributed by atoms with Crippen molar-refractivity contribution in [2.45, 2.75) is 18.7 Å². The van der Waals surface area contributed by atoms with Crippen molar-refractivity contribution < 1.29 is 22.7 Å². The van der Waals surface area contributed by atoms with E-state index in [2.05, 4.69) is 10.2 Å². The van der Waals surface area contributed by atoms with Crippen molar-refractivity contribution in [1.29, 1.82) is 0 Å². The number of amides is 1. The molecule has 1 N–H and O–H groups in total. The average molecular weight is 310 g/mol. The van der Waals surface area contributed by atoms with Crippen molar-refractivity contribution in [3.8, 4) is 5.75 Å². The fourth-order valence-electron chi connectivity index (χ4n) is 2.45. The predicted molar refractivity (Wildman–Crippen MR) is 72.8 cm³/mol. The second-order valence-electron chi connectivity index (χ2n) is 5.10. The number of carbonyl (C=O) groups is 1. The second-order valence-corrected chi connectivity index (χ2v) is 5.10. The summed E-state index contributed by atoms with van der Waals surface area (Å²) in [5, 5.41) is 0. The number of rotatable bonds is 4. The van der Waals surface area contributed by atoms with Gasteiger partial charge in [0.25, 0.3) is 0 Å². The smallest absolute Gasteiger partial charge is 0.405 e. The number of carbonyl (C=O) groups excluding carboxylic acids is 1. The number of hydrogen-bond donors (Lipinski definition) is 1. The van der Waals surface area contributed by atoms with Crippen molar-refractivity contribution in [3.05, 3.63) is 54.4 Å². The van der Waals surface area contributed by atoms with Crippen LogP contribution in [0.25, 0.3) is 0 Å². The van der Waals surface area contributed by atoms with Gasteiger partial charge in [0.05, 0.1) is 0 Å². The molecule has 2 unspecified atom stereocenters. The first-order valence-corrected chi connectivity index (χ1v) is 6.72. The van der Waals surface area contributed by atoms with Crippen molar-refractivity contribution in [1.82, 2.24) is 4.68 Å². The Morgan fingerprint density at radius 1 is 1.18 bits per heavy atom. The molecule has 0 bridgehead atoms. The maximum absolute atomic E-state index is 12.4. The van der Waals surface area contributed by atoms with E-state index >= 15 is 0 Å². The maximum atomic E-state index is 12.4. The number of benzene rings is 1. The number of para-hydroxylation sites is 1. The molecule has 1 aliphatic carbocycles. The molecule has 0 spiro atoms. The molecule has 3 rings (SSSR count). The number of alkyl halides is 3. The number of nitrogens with zero attached hydrogens (tertiary/aromatic N) is 1. The number of aromatic nitrogens is 1. The summed E-state index contributed by atoms with van der Waals surface area (Å²) >= 11 is 0. The molecule has 7 heteroatoms. The van der Waals surface area contributed by atoms with Crippen LogP contribution in [0, 0.1) is 5.92 Å². The van der Waals surface area contributed by atoms with Crippen LogP contribution >= 0.6 is 0 Å². The zero-order chi connectivity index (χ0) is 15.7. The highest BCUT2D eigenvalue weighted by molar-refractivity contribution is 5.89. The molecule has 1 saturated carbocycles. The van der Waals surface area contributed by atoms with Crippen molar-refractivity contribution in [3.63, 3.8) is 0 Å². The van der Waals surface area contributed by atoms with Gasteiger partial charge in [-0.15, -0.1) is 13.2 Å². The van der Waals surface area contributed by atoms with E-state index in [0.717, 1.165) is 0 Å². The van der Waals surface area contributed by atoms with Gasteiger partial charge in [-0.05, 0) is 36.1 Å². The molecule has 2 aromatic rings. The van der Waals surface area contributed by atoms with Crippen LogP contribution in [0.1, 0.15) is 17.9 Å². The molecular weight excluding hydrogens is 297 g/mol. The van der Waals surface area contributed by atoms with E-state index in [9.17, 15) is 18.0 Å². The van der Waals surface area contributed by atoms with Crippen LogP contribution in [0.5, 0.6) is 5.75 Å². The zero-order valence-electron chi connectivity index (χ0n) is 11.4. The Hall–Kier alpha value is -2.44. The van der Waals surface area contributed by atoms with E-state index in [1.165, 1.54) is 16.8 Å². The van der Waals surface area contributed by atoms with Crippen LogP contribution in [-0.2, 0) is 4.79 Å². The maximum Gasteiger partial charge on any atom is 0.573 e. The van der Waals surface area contributed by atoms with Crippen LogP contribution in [-0.4, -0.2) is 16.9 Å². The third kappa shape index (κ3) is 3.24. The Morgan fingerprint density at radius 2 is 1.86 bits per heavy atom. The van der Waals surface area contributed by atoms with Crippen LogP contribution in [0.15, 0.2) is 48.8 Å². The standard InChI is InChI=1S/C15H13F3N2O2/c16-15(17,18)22-13-6-2-1-5-10(13)11-9-12(11)14(21)19-20-7-3-4-8-20/h1-8,11-12H,9H2,(H,19,21). The Kier molecular flexibility index (Phi) is 3.56. The van der Waals surface area contributed by atoms with Crippen LogP contribution in [0.2, 0.25) is 0 Å². The summed E-state index contributed by atoms with van der Waals surface area (Å²) < 4.78 is 42.8. The van der Waals surface area contributed by atoms with E-state index in [-0.39, 0.29) is 23.5 Å². The zero-order valence-corrected chi connectivity index (χ0v) is 11.4. The first-order valence-electron chi connectivity index (χ1n) is 6.72. The lowest BCUT2D eigenvalue weighted by molar-refractivity contribution is -0.274. The molecule has 1 aromatic carbocycles. The second kappa shape index (κ2) is 5.40. The lowest BCUT2D eigenvalue weighted by atomic mass is 10.1. The quantitative estimate of drug-likeness (QED) is 0.942. The first-order chi connectivity index (χ1) is 10.4. The molecule has 4 nitrogen and oxygen atoms in total. The van der Waals surface area contributed by atoms with Crippen LogP contribution in [0.3, 0.4) is 0 Å². The van der Waals surface area contributed by atoms with Gasteiger partial charge in [0, 0.05) is 18.3 Å². The minimum Gasteiger partial charge on any atom is -0.405 e. The largest absolute Gasteiger partial charge is 0.573 e. The third-order valence-corrected chi connectivity index (χ3v) is 3.52. The first kappa shape index (κ1) is 14.5. The summed E-state index contributed by atoms with van der Waals surface area (Å²) in [6.07, 6.45) is -0.884. The highest BCUT2D eigenvalue weighted by atomic mass is 19.4. The van der Waals surface area contributed by atoms with Gasteiger partial charge in [0.2, 0.25) is 5.91 Å². The molecule has 1 fully saturated rings. The molecule has 0 saturated heterocycles. The Labute approximate surface area is 124 Å². The molecule has 1 amide bonds. The highest BCUT2D eigenvalue weighted by Crippen LogP contribution is 2.51. The number of halogens is 3. The summed E-state index contributed by atoms with van der Waals surface area (Å²) in [5.74, 6) is -1.06. The summed E-state index contributed by atoms with van der Waals surface area (Å²) in [7, 11) is 0. The van der Waals surface area contributed by atoms with E-state index in [1.807, 2.05) is 0 Å². The number of nitrogens with one attached hydrogen (secondary N) is 1. The fourth-order valence-corrected chi connectivity index (χ4v) is 2.45. The molecule has 0 aliphatic heterocycles. The van der Waals surface area contributed by atoms with Gasteiger partial charge in [-0.25, -0.2) is 0 Å². The molecule has 2 atom stereocenters. The fraction of sp³-hybridized carbons (Fsp3) is 0.267. The molecule has 1 aliphatic rings. The Balaban J connectivity index is 1.70. The normalized spacial score (nSPS) is 20.5. The molecule has 116 valence electrons. The van der Waals surface area contributed by atoms with Gasteiger partial charge in [-0.2, -0.15) is 0 Å². The minimum absolute atomic E-state index is 0.219. The SMILES string of the molecule is O=C(Nn1cccc1)C1CC1c1ccccc1OC(F)(F)F. The molecular formula is C15H13F3N2O2. The molecule has 0 radical (unpaired) electrons. The van der Waals surface area contributed by atoms with Gasteiger partial charge in [0.15, 0.2) is 0 Å². The van der Waals surface area contributed by atoms with E-state index in [1.54, 1.807) is 36.7 Å². The monoisotopic (exact) mass is 310 g/mol. The molecule has 1 aromatic heterocycles. The Bertz CT molecular complexity index is 668. The van der Waals surface area contributed by atoms with Crippen LogP contribution < -0.4 is 10.2 Å². The van der Waals surface area contributed by atoms with Gasteiger partial charge >= 0.3 is 6.36 Å². The number of ether oxygens (including phenoxy) is 1. The predicted octanol–water partition coefficient (Wildman–Crippen LogP) is 3.26. The van der Waals surface area contributed by atoms with Gasteiger partial charge in [-0.1, -0.05) is 18.2 Å². The Morgan fingerprint density at radius 3 is 2.55 bits per heavy atom. The highest BCUT2D eigenvalue weighted by Gasteiger charge is 2.46. The lowest BCUT2D eigenvalue weighted by Gasteiger charge is -2.13. The van der Waals surface area contributed by atoms with Crippen molar-refractivity contribution in [2.75, 3.05) is 5.43 Å². The van der Waals surface area contributed by atoms with E-state index < -0.39 is 6.36 Å². The summed E-state index contributed by atoms with van der Waals surface area (Å²) in [6.45, 7) is 0. The van der Waals surface area contributed by atoms with E-state index in [4.69, 9.17) is 0 Å². The van der Waals surface area contributed by atoms with Gasteiger partial charge in [-0.3, -0.25) is 14.9 Å². The topological polar surface area (TPSA) is 43.3 Å². The average Bonchev–Trinajstić information content (AvgIpc) is 3.08. The van der Waals surface area contributed by atoms with Crippen molar-refractivity contribution >= 4 is 5.91 Å². The summed E-state index contributed by atoms with van der Waals surface area (Å²) in [4.78, 5) is 12.1. The van der Waals surface area contributed by atoms with Gasteiger partial charge < -0.3 is 4.74 Å². The van der Waals surface area contributed by atoms with Gasteiger partial charge in [0.1, 0.15) is 5.75 Å². The lowest BCUT2D eigenvalue weighted by Crippen LogP contribution is -2.23. The summed E-state index contributed by atoms with van der Waals surface area (Å²) in [6, 6.07) is 9.46. The summed E-state index contributed by atoms with van der Waals surface area (Å²) in [5.41, 5.74) is 3.08. The van der Waals surface area contributed by atoms with Crippen molar-refractivity contribution in [2.24, 2.45) is 5.92 Å². The van der Waals surface area contributed by atoms with Crippen LogP contribution in [0.4, 0.5) is 13.2 Å². The minimum atomic E-state index is -4.74. The number of hydrogen-bond acceptors (Lipinski definition) is 2.